The lowest BCUT2D eigenvalue weighted by molar-refractivity contribution is 0.0718. The Labute approximate surface area is 163 Å². The van der Waals surface area contributed by atoms with Crippen molar-refractivity contribution in [2.45, 2.75) is 20.3 Å². The van der Waals surface area contributed by atoms with Crippen molar-refractivity contribution in [3.8, 4) is 11.3 Å². The Hall–Kier alpha value is -2.83. The standard InChI is InChI=1S/C21H25FN2O4/c1-15(2)14-27-21(26)24-11-3-10-23(12-13-24)20(25)19-9-8-18(28-19)16-4-6-17(22)7-5-16/h4-9,15H,3,10-14H2,1-2H3. The van der Waals surface area contributed by atoms with Gasteiger partial charge in [0, 0.05) is 31.7 Å². The molecular weight excluding hydrogens is 363 g/mol. The van der Waals surface area contributed by atoms with E-state index >= 15 is 0 Å². The predicted molar refractivity (Wildman–Crippen MR) is 102 cm³/mol. The van der Waals surface area contributed by atoms with E-state index in [0.29, 0.717) is 50.5 Å². The van der Waals surface area contributed by atoms with Crippen LogP contribution in [0.25, 0.3) is 11.3 Å². The summed E-state index contributed by atoms with van der Waals surface area (Å²) in [7, 11) is 0. The maximum absolute atomic E-state index is 13.1. The van der Waals surface area contributed by atoms with E-state index in [9.17, 15) is 14.0 Å². The molecule has 0 aliphatic carbocycles. The first-order valence-corrected chi connectivity index (χ1v) is 9.51. The molecule has 2 heterocycles. The van der Waals surface area contributed by atoms with Crippen LogP contribution < -0.4 is 0 Å². The monoisotopic (exact) mass is 388 g/mol. The van der Waals surface area contributed by atoms with E-state index in [1.165, 1.54) is 12.1 Å². The van der Waals surface area contributed by atoms with Crippen molar-refractivity contribution in [3.05, 3.63) is 48.0 Å². The van der Waals surface area contributed by atoms with Crippen molar-refractivity contribution in [1.29, 1.82) is 0 Å². The Kier molecular flexibility index (Phi) is 6.34. The summed E-state index contributed by atoms with van der Waals surface area (Å²) < 4.78 is 24.0. The van der Waals surface area contributed by atoms with Gasteiger partial charge in [-0.2, -0.15) is 0 Å². The smallest absolute Gasteiger partial charge is 0.409 e. The highest BCUT2D eigenvalue weighted by atomic mass is 19.1. The van der Waals surface area contributed by atoms with Crippen molar-refractivity contribution in [2.24, 2.45) is 5.92 Å². The van der Waals surface area contributed by atoms with Gasteiger partial charge in [-0.1, -0.05) is 13.8 Å². The number of ether oxygens (including phenoxy) is 1. The summed E-state index contributed by atoms with van der Waals surface area (Å²) in [6, 6.07) is 9.24. The highest BCUT2D eigenvalue weighted by molar-refractivity contribution is 5.92. The molecule has 6 nitrogen and oxygen atoms in total. The minimum absolute atomic E-state index is 0.217. The second kappa shape index (κ2) is 8.91. The first-order valence-electron chi connectivity index (χ1n) is 9.51. The van der Waals surface area contributed by atoms with Crippen molar-refractivity contribution in [1.82, 2.24) is 9.80 Å². The molecule has 2 aromatic rings. The zero-order chi connectivity index (χ0) is 20.1. The van der Waals surface area contributed by atoms with Gasteiger partial charge >= 0.3 is 6.09 Å². The van der Waals surface area contributed by atoms with Gasteiger partial charge in [0.1, 0.15) is 11.6 Å². The average molecular weight is 388 g/mol. The molecule has 28 heavy (non-hydrogen) atoms. The van der Waals surface area contributed by atoms with Crippen LogP contribution in [0, 0.1) is 11.7 Å². The first-order chi connectivity index (χ1) is 13.4. The molecule has 1 aliphatic rings. The number of benzene rings is 1. The van der Waals surface area contributed by atoms with Gasteiger partial charge in [-0.15, -0.1) is 0 Å². The predicted octanol–water partition coefficient (Wildman–Crippen LogP) is 4.03. The fourth-order valence-corrected chi connectivity index (χ4v) is 3.01. The summed E-state index contributed by atoms with van der Waals surface area (Å²) >= 11 is 0. The van der Waals surface area contributed by atoms with Gasteiger partial charge in [0.2, 0.25) is 0 Å². The van der Waals surface area contributed by atoms with E-state index in [1.54, 1.807) is 34.1 Å². The number of carbonyl (C=O) groups excluding carboxylic acids is 2. The Morgan fingerprint density at radius 2 is 1.71 bits per heavy atom. The molecule has 0 saturated carbocycles. The first kappa shape index (κ1) is 19.9. The number of hydrogen-bond acceptors (Lipinski definition) is 4. The van der Waals surface area contributed by atoms with Gasteiger partial charge in [0.15, 0.2) is 5.76 Å². The van der Waals surface area contributed by atoms with Gasteiger partial charge in [0.05, 0.1) is 6.61 Å². The van der Waals surface area contributed by atoms with Crippen LogP contribution in [0.5, 0.6) is 0 Å². The fraction of sp³-hybridized carbons (Fsp3) is 0.429. The summed E-state index contributed by atoms with van der Waals surface area (Å²) in [5.41, 5.74) is 0.704. The fourth-order valence-electron chi connectivity index (χ4n) is 3.01. The highest BCUT2D eigenvalue weighted by Gasteiger charge is 2.25. The van der Waals surface area contributed by atoms with Crippen molar-refractivity contribution in [2.75, 3.05) is 32.8 Å². The van der Waals surface area contributed by atoms with Crippen molar-refractivity contribution in [3.63, 3.8) is 0 Å². The molecule has 0 atom stereocenters. The molecule has 1 aromatic carbocycles. The van der Waals surface area contributed by atoms with Gasteiger partial charge in [-0.3, -0.25) is 4.79 Å². The quantitative estimate of drug-likeness (QED) is 0.793. The summed E-state index contributed by atoms with van der Waals surface area (Å²) in [4.78, 5) is 28.2. The van der Waals surface area contributed by atoms with Crippen LogP contribution in [0.3, 0.4) is 0 Å². The van der Waals surface area contributed by atoms with E-state index in [4.69, 9.17) is 9.15 Å². The number of carbonyl (C=O) groups is 2. The second-order valence-electron chi connectivity index (χ2n) is 7.27. The van der Waals surface area contributed by atoms with Gasteiger partial charge in [0.25, 0.3) is 5.91 Å². The van der Waals surface area contributed by atoms with E-state index in [2.05, 4.69) is 0 Å². The van der Waals surface area contributed by atoms with Crippen molar-refractivity contribution >= 4 is 12.0 Å². The molecule has 0 spiro atoms. The molecule has 1 aliphatic heterocycles. The number of furan rings is 1. The topological polar surface area (TPSA) is 63.0 Å². The number of nitrogens with zero attached hydrogens (tertiary/aromatic N) is 2. The third kappa shape index (κ3) is 4.91. The average Bonchev–Trinajstić information content (AvgIpc) is 3.04. The number of amides is 2. The van der Waals surface area contributed by atoms with E-state index in [1.807, 2.05) is 13.8 Å². The van der Waals surface area contributed by atoms with Crippen LogP contribution >= 0.6 is 0 Å². The molecule has 3 rings (SSSR count). The largest absolute Gasteiger partial charge is 0.451 e. The normalized spacial score (nSPS) is 14.9. The third-order valence-electron chi connectivity index (χ3n) is 4.53. The van der Waals surface area contributed by atoms with Crippen molar-refractivity contribution < 1.29 is 23.1 Å². The van der Waals surface area contributed by atoms with E-state index in [0.717, 1.165) is 0 Å². The number of halogens is 1. The molecule has 150 valence electrons. The molecule has 1 fully saturated rings. The molecule has 0 bridgehead atoms. The third-order valence-corrected chi connectivity index (χ3v) is 4.53. The van der Waals surface area contributed by atoms with Crippen LogP contribution in [-0.4, -0.2) is 54.6 Å². The molecule has 1 aromatic heterocycles. The molecule has 1 saturated heterocycles. The number of rotatable bonds is 4. The maximum Gasteiger partial charge on any atom is 0.409 e. The second-order valence-corrected chi connectivity index (χ2v) is 7.27. The Bertz CT molecular complexity index is 816. The van der Waals surface area contributed by atoms with E-state index < -0.39 is 0 Å². The Morgan fingerprint density at radius 3 is 2.43 bits per heavy atom. The minimum atomic E-state index is -0.334. The summed E-state index contributed by atoms with van der Waals surface area (Å²) in [5.74, 6) is 0.480. The van der Waals surface area contributed by atoms with Gasteiger partial charge in [-0.25, -0.2) is 9.18 Å². The van der Waals surface area contributed by atoms with Gasteiger partial charge in [-0.05, 0) is 48.7 Å². The highest BCUT2D eigenvalue weighted by Crippen LogP contribution is 2.23. The van der Waals surface area contributed by atoms with Crippen LogP contribution in [0.15, 0.2) is 40.8 Å². The minimum Gasteiger partial charge on any atom is -0.451 e. The zero-order valence-electron chi connectivity index (χ0n) is 16.2. The van der Waals surface area contributed by atoms with Crippen LogP contribution in [0.4, 0.5) is 9.18 Å². The summed E-state index contributed by atoms with van der Waals surface area (Å²) in [6.45, 7) is 6.30. The van der Waals surface area contributed by atoms with Crippen LogP contribution in [0.2, 0.25) is 0 Å². The lowest BCUT2D eigenvalue weighted by Crippen LogP contribution is -2.37. The maximum atomic E-state index is 13.1. The Balaban J connectivity index is 1.60. The van der Waals surface area contributed by atoms with E-state index in [-0.39, 0.29) is 29.5 Å². The SMILES string of the molecule is CC(C)COC(=O)N1CCCN(C(=O)c2ccc(-c3ccc(F)cc3)o2)CC1. The summed E-state index contributed by atoms with van der Waals surface area (Å²) in [5, 5.41) is 0. The van der Waals surface area contributed by atoms with Gasteiger partial charge < -0.3 is 19.0 Å². The summed E-state index contributed by atoms with van der Waals surface area (Å²) in [6.07, 6.45) is 0.341. The van der Waals surface area contributed by atoms with Crippen LogP contribution in [-0.2, 0) is 4.74 Å². The molecule has 7 heteroatoms. The molecule has 2 amide bonds. The molecular formula is C21H25FN2O4. The number of hydrogen-bond donors (Lipinski definition) is 0. The molecule has 0 N–H and O–H groups in total. The molecule has 0 unspecified atom stereocenters. The Morgan fingerprint density at radius 1 is 1.04 bits per heavy atom. The lowest BCUT2D eigenvalue weighted by Gasteiger charge is -2.21. The lowest BCUT2D eigenvalue weighted by atomic mass is 10.2. The van der Waals surface area contributed by atoms with Crippen LogP contribution in [0.1, 0.15) is 30.8 Å². The zero-order valence-corrected chi connectivity index (χ0v) is 16.2. The molecule has 0 radical (unpaired) electrons.